The van der Waals surface area contributed by atoms with Gasteiger partial charge in [-0.2, -0.15) is 0 Å². The number of allylic oxidation sites excluding steroid dienone is 2. The molecule has 0 unspecified atom stereocenters. The second-order valence-electron chi connectivity index (χ2n) is 4.01. The first kappa shape index (κ1) is 11.3. The molecular formula is C12H21NO. The van der Waals surface area contributed by atoms with E-state index in [2.05, 4.69) is 11.2 Å². The number of nitrogens with zero attached hydrogens (tertiary/aromatic N) is 1. The fourth-order valence-corrected chi connectivity index (χ4v) is 1.84. The van der Waals surface area contributed by atoms with Gasteiger partial charge in [0.1, 0.15) is 0 Å². The van der Waals surface area contributed by atoms with E-state index in [-0.39, 0.29) is 0 Å². The van der Waals surface area contributed by atoms with E-state index in [4.69, 9.17) is 5.21 Å². The highest BCUT2D eigenvalue weighted by atomic mass is 16.4. The molecule has 0 amide bonds. The number of hydrogen-bond acceptors (Lipinski definition) is 2. The van der Waals surface area contributed by atoms with Crippen LogP contribution in [0.5, 0.6) is 0 Å². The Labute approximate surface area is 86.7 Å². The summed E-state index contributed by atoms with van der Waals surface area (Å²) in [5, 5.41) is 12.0. The molecule has 0 aromatic carbocycles. The van der Waals surface area contributed by atoms with Gasteiger partial charge in [-0.3, -0.25) is 0 Å². The molecule has 0 fully saturated rings. The summed E-state index contributed by atoms with van der Waals surface area (Å²) in [5.74, 6) is 0. The lowest BCUT2D eigenvalue weighted by Crippen LogP contribution is -1.94. The molecule has 0 aliphatic heterocycles. The summed E-state index contributed by atoms with van der Waals surface area (Å²) < 4.78 is 0. The van der Waals surface area contributed by atoms with E-state index in [1.807, 2.05) is 6.08 Å². The SMILES string of the molecule is ON=C1C=CCCCCCCCCC1. The summed E-state index contributed by atoms with van der Waals surface area (Å²) in [6, 6.07) is 0. The first-order chi connectivity index (χ1) is 6.93. The van der Waals surface area contributed by atoms with Crippen LogP contribution in [0, 0.1) is 0 Å². The zero-order valence-corrected chi connectivity index (χ0v) is 8.91. The molecule has 14 heavy (non-hydrogen) atoms. The van der Waals surface area contributed by atoms with Gasteiger partial charge in [0.15, 0.2) is 0 Å². The third-order valence-electron chi connectivity index (χ3n) is 2.74. The second kappa shape index (κ2) is 7.60. The standard InChI is InChI=1S/C12H21NO/c14-13-12-10-8-6-4-2-1-3-5-7-9-11-12/h8,10,14H,1-7,9,11H2. The van der Waals surface area contributed by atoms with Crippen LogP contribution in [0.3, 0.4) is 0 Å². The van der Waals surface area contributed by atoms with E-state index in [1.165, 1.54) is 38.5 Å². The van der Waals surface area contributed by atoms with Crippen LogP contribution >= 0.6 is 0 Å². The fraction of sp³-hybridized carbons (Fsp3) is 0.750. The molecule has 0 aromatic rings. The van der Waals surface area contributed by atoms with Crippen LogP contribution in [-0.4, -0.2) is 10.9 Å². The Bertz CT molecular complexity index is 196. The highest BCUT2D eigenvalue weighted by Gasteiger charge is 1.98. The quantitative estimate of drug-likeness (QED) is 0.461. The molecule has 0 aromatic heterocycles. The van der Waals surface area contributed by atoms with Gasteiger partial charge < -0.3 is 5.21 Å². The van der Waals surface area contributed by atoms with Gasteiger partial charge in [-0.1, -0.05) is 43.3 Å². The van der Waals surface area contributed by atoms with Crippen molar-refractivity contribution in [1.82, 2.24) is 0 Å². The van der Waals surface area contributed by atoms with Crippen molar-refractivity contribution in [2.75, 3.05) is 0 Å². The van der Waals surface area contributed by atoms with Gasteiger partial charge in [0.05, 0.1) is 5.71 Å². The third-order valence-corrected chi connectivity index (χ3v) is 2.74. The lowest BCUT2D eigenvalue weighted by Gasteiger charge is -2.03. The normalized spacial score (nSPS) is 24.1. The topological polar surface area (TPSA) is 32.6 Å². The van der Waals surface area contributed by atoms with E-state index in [9.17, 15) is 0 Å². The average molecular weight is 195 g/mol. The molecular weight excluding hydrogens is 174 g/mol. The van der Waals surface area contributed by atoms with Crippen LogP contribution in [0.4, 0.5) is 0 Å². The summed E-state index contributed by atoms with van der Waals surface area (Å²) in [6.07, 6.45) is 15.3. The molecule has 2 nitrogen and oxygen atoms in total. The summed E-state index contributed by atoms with van der Waals surface area (Å²) in [6.45, 7) is 0. The van der Waals surface area contributed by atoms with Crippen LogP contribution in [0.25, 0.3) is 0 Å². The Morgan fingerprint density at radius 1 is 0.929 bits per heavy atom. The molecule has 0 radical (unpaired) electrons. The highest BCUT2D eigenvalue weighted by Crippen LogP contribution is 2.12. The van der Waals surface area contributed by atoms with Gasteiger partial charge >= 0.3 is 0 Å². The predicted molar refractivity (Wildman–Crippen MR) is 59.9 cm³/mol. The molecule has 0 bridgehead atoms. The Balaban J connectivity index is 2.36. The zero-order chi connectivity index (χ0) is 10.1. The lowest BCUT2D eigenvalue weighted by atomic mass is 10.0. The van der Waals surface area contributed by atoms with Crippen LogP contribution in [0.15, 0.2) is 17.3 Å². The largest absolute Gasteiger partial charge is 0.411 e. The van der Waals surface area contributed by atoms with Crippen LogP contribution in [0.1, 0.15) is 57.8 Å². The number of oxime groups is 1. The molecule has 80 valence electrons. The number of rotatable bonds is 0. The molecule has 0 atom stereocenters. The van der Waals surface area contributed by atoms with E-state index < -0.39 is 0 Å². The van der Waals surface area contributed by atoms with Gasteiger partial charge in [-0.25, -0.2) is 0 Å². The molecule has 2 heteroatoms. The smallest absolute Gasteiger partial charge is 0.0792 e. The highest BCUT2D eigenvalue weighted by molar-refractivity contribution is 5.94. The molecule has 0 heterocycles. The maximum Gasteiger partial charge on any atom is 0.0792 e. The van der Waals surface area contributed by atoms with E-state index in [0.717, 1.165) is 25.0 Å². The summed E-state index contributed by atoms with van der Waals surface area (Å²) >= 11 is 0. The fourth-order valence-electron chi connectivity index (χ4n) is 1.84. The summed E-state index contributed by atoms with van der Waals surface area (Å²) in [5.41, 5.74) is 0.838. The maximum absolute atomic E-state index is 8.73. The Kier molecular flexibility index (Phi) is 6.13. The lowest BCUT2D eigenvalue weighted by molar-refractivity contribution is 0.318. The molecule has 0 spiro atoms. The monoisotopic (exact) mass is 195 g/mol. The van der Waals surface area contributed by atoms with Crippen LogP contribution in [0.2, 0.25) is 0 Å². The van der Waals surface area contributed by atoms with Crippen molar-refractivity contribution in [2.45, 2.75) is 57.8 Å². The van der Waals surface area contributed by atoms with Gasteiger partial charge in [0.25, 0.3) is 0 Å². The van der Waals surface area contributed by atoms with Gasteiger partial charge in [-0.15, -0.1) is 0 Å². The molecule has 1 N–H and O–H groups in total. The van der Waals surface area contributed by atoms with Gasteiger partial charge in [0.2, 0.25) is 0 Å². The summed E-state index contributed by atoms with van der Waals surface area (Å²) in [7, 11) is 0. The van der Waals surface area contributed by atoms with Crippen molar-refractivity contribution >= 4 is 5.71 Å². The van der Waals surface area contributed by atoms with Crippen molar-refractivity contribution in [2.24, 2.45) is 5.16 Å². The zero-order valence-electron chi connectivity index (χ0n) is 8.91. The first-order valence-electron chi connectivity index (χ1n) is 5.81. The van der Waals surface area contributed by atoms with E-state index in [1.54, 1.807) is 0 Å². The third kappa shape index (κ3) is 5.05. The van der Waals surface area contributed by atoms with Crippen molar-refractivity contribution in [3.05, 3.63) is 12.2 Å². The Morgan fingerprint density at radius 2 is 1.57 bits per heavy atom. The Morgan fingerprint density at radius 3 is 2.29 bits per heavy atom. The minimum atomic E-state index is 0.838. The average Bonchev–Trinajstić information content (AvgIpc) is 2.19. The van der Waals surface area contributed by atoms with Gasteiger partial charge in [0, 0.05) is 0 Å². The molecule has 0 saturated heterocycles. The molecule has 1 aliphatic rings. The van der Waals surface area contributed by atoms with Crippen LogP contribution in [-0.2, 0) is 0 Å². The van der Waals surface area contributed by atoms with E-state index >= 15 is 0 Å². The number of hydrogen-bond donors (Lipinski definition) is 1. The van der Waals surface area contributed by atoms with Gasteiger partial charge in [-0.05, 0) is 31.8 Å². The predicted octanol–water partition coefficient (Wildman–Crippen LogP) is 3.90. The van der Waals surface area contributed by atoms with Crippen LogP contribution < -0.4 is 0 Å². The minimum absolute atomic E-state index is 0.838. The van der Waals surface area contributed by atoms with Crippen molar-refractivity contribution in [1.29, 1.82) is 0 Å². The molecule has 1 rings (SSSR count). The Hall–Kier alpha value is -0.790. The first-order valence-corrected chi connectivity index (χ1v) is 5.81. The summed E-state index contributed by atoms with van der Waals surface area (Å²) in [4.78, 5) is 0. The minimum Gasteiger partial charge on any atom is -0.411 e. The van der Waals surface area contributed by atoms with Crippen molar-refractivity contribution in [3.8, 4) is 0 Å². The molecule has 0 saturated carbocycles. The molecule has 1 aliphatic carbocycles. The van der Waals surface area contributed by atoms with Crippen molar-refractivity contribution < 1.29 is 5.21 Å². The second-order valence-corrected chi connectivity index (χ2v) is 4.01. The van der Waals surface area contributed by atoms with Crippen molar-refractivity contribution in [3.63, 3.8) is 0 Å². The maximum atomic E-state index is 8.73. The van der Waals surface area contributed by atoms with E-state index in [0.29, 0.717) is 0 Å².